The summed E-state index contributed by atoms with van der Waals surface area (Å²) >= 11 is 0. The average Bonchev–Trinajstić information content (AvgIpc) is 2.55. The highest BCUT2D eigenvalue weighted by Gasteiger charge is 2.09. The number of rotatable bonds is 7. The molecule has 0 saturated heterocycles. The van der Waals surface area contributed by atoms with Crippen LogP contribution in [0.5, 0.6) is 5.75 Å². The van der Waals surface area contributed by atoms with E-state index in [1.165, 1.54) is 12.1 Å². The molecule has 23 heavy (non-hydrogen) atoms. The minimum absolute atomic E-state index is 0.119. The molecule has 0 radical (unpaired) electrons. The molecule has 0 heterocycles. The van der Waals surface area contributed by atoms with Gasteiger partial charge in [-0.2, -0.15) is 4.39 Å². The minimum atomic E-state index is -0.992. The molecule has 2 aromatic rings. The molecule has 0 aliphatic heterocycles. The fourth-order valence-corrected chi connectivity index (χ4v) is 1.88. The molecule has 0 aliphatic carbocycles. The van der Waals surface area contributed by atoms with E-state index < -0.39 is 23.6 Å². The molecule has 1 atom stereocenters. The van der Waals surface area contributed by atoms with Crippen molar-refractivity contribution in [2.24, 2.45) is 5.73 Å². The molecule has 0 bridgehead atoms. The third kappa shape index (κ3) is 4.75. The monoisotopic (exact) mass is 320 g/mol. The van der Waals surface area contributed by atoms with E-state index in [9.17, 15) is 13.6 Å². The first-order valence-corrected chi connectivity index (χ1v) is 7.14. The molecule has 0 aromatic heterocycles. The van der Waals surface area contributed by atoms with Gasteiger partial charge in [0.25, 0.3) is 0 Å². The van der Waals surface area contributed by atoms with Crippen LogP contribution < -0.4 is 15.8 Å². The predicted molar refractivity (Wildman–Crippen MR) is 82.6 cm³/mol. The van der Waals surface area contributed by atoms with Gasteiger partial charge in [0.05, 0.1) is 6.04 Å². The first kappa shape index (κ1) is 16.9. The third-order valence-electron chi connectivity index (χ3n) is 3.37. The molecular weight excluding hydrogens is 302 g/mol. The van der Waals surface area contributed by atoms with Crippen LogP contribution in [0, 0.1) is 11.6 Å². The minimum Gasteiger partial charge on any atom is -0.486 e. The lowest BCUT2D eigenvalue weighted by molar-refractivity contribution is -0.119. The molecule has 4 nitrogen and oxygen atoms in total. The summed E-state index contributed by atoms with van der Waals surface area (Å²) in [5.74, 6) is -2.46. The Kier molecular flexibility index (Phi) is 5.65. The fourth-order valence-electron chi connectivity index (χ4n) is 1.88. The SMILES string of the molecule is C[C@H](NCc1ccc(COc2cccc(F)c2F)cc1)C(N)=O. The highest BCUT2D eigenvalue weighted by Crippen LogP contribution is 2.20. The second-order valence-corrected chi connectivity index (χ2v) is 5.16. The Morgan fingerprint density at radius 3 is 2.48 bits per heavy atom. The molecule has 2 rings (SSSR count). The summed E-state index contributed by atoms with van der Waals surface area (Å²) in [5.41, 5.74) is 6.96. The molecular formula is C17H18F2N2O2. The first-order valence-electron chi connectivity index (χ1n) is 7.14. The van der Waals surface area contributed by atoms with Gasteiger partial charge in [-0.25, -0.2) is 4.39 Å². The van der Waals surface area contributed by atoms with Crippen LogP contribution in [0.1, 0.15) is 18.1 Å². The smallest absolute Gasteiger partial charge is 0.234 e. The molecule has 1 amide bonds. The summed E-state index contributed by atoms with van der Waals surface area (Å²) in [4.78, 5) is 10.9. The first-order chi connectivity index (χ1) is 11.0. The maximum atomic E-state index is 13.5. The zero-order valence-electron chi connectivity index (χ0n) is 12.7. The van der Waals surface area contributed by atoms with E-state index in [0.29, 0.717) is 6.54 Å². The summed E-state index contributed by atoms with van der Waals surface area (Å²) in [5, 5.41) is 2.99. The highest BCUT2D eigenvalue weighted by molar-refractivity contribution is 5.79. The largest absolute Gasteiger partial charge is 0.486 e. The van der Waals surface area contributed by atoms with Crippen LogP contribution >= 0.6 is 0 Å². The van der Waals surface area contributed by atoms with Gasteiger partial charge in [-0.05, 0) is 30.2 Å². The van der Waals surface area contributed by atoms with Gasteiger partial charge in [0, 0.05) is 6.54 Å². The van der Waals surface area contributed by atoms with E-state index in [2.05, 4.69) is 5.32 Å². The van der Waals surface area contributed by atoms with Crippen LogP contribution in [0.2, 0.25) is 0 Å². The van der Waals surface area contributed by atoms with Crippen molar-refractivity contribution in [2.45, 2.75) is 26.1 Å². The molecule has 6 heteroatoms. The quantitative estimate of drug-likeness (QED) is 0.824. The highest BCUT2D eigenvalue weighted by atomic mass is 19.2. The second-order valence-electron chi connectivity index (χ2n) is 5.16. The lowest BCUT2D eigenvalue weighted by Gasteiger charge is -2.11. The van der Waals surface area contributed by atoms with E-state index in [1.54, 1.807) is 6.92 Å². The van der Waals surface area contributed by atoms with Gasteiger partial charge in [-0.3, -0.25) is 4.79 Å². The number of hydrogen-bond acceptors (Lipinski definition) is 3. The summed E-state index contributed by atoms with van der Waals surface area (Å²) in [6.45, 7) is 2.33. The number of amides is 1. The Labute approximate surface area is 133 Å². The van der Waals surface area contributed by atoms with E-state index in [4.69, 9.17) is 10.5 Å². The van der Waals surface area contributed by atoms with Crippen LogP contribution in [-0.2, 0) is 17.9 Å². The molecule has 0 fully saturated rings. The Hall–Kier alpha value is -2.47. The van der Waals surface area contributed by atoms with Gasteiger partial charge >= 0.3 is 0 Å². The summed E-state index contributed by atoms with van der Waals surface area (Å²) in [6.07, 6.45) is 0. The van der Waals surface area contributed by atoms with Crippen LogP contribution in [0.4, 0.5) is 8.78 Å². The Morgan fingerprint density at radius 1 is 1.17 bits per heavy atom. The van der Waals surface area contributed by atoms with Crippen molar-refractivity contribution in [1.29, 1.82) is 0 Å². The van der Waals surface area contributed by atoms with Gasteiger partial charge in [0.2, 0.25) is 11.7 Å². The number of ether oxygens (including phenoxy) is 1. The number of benzene rings is 2. The van der Waals surface area contributed by atoms with Crippen molar-refractivity contribution in [3.05, 3.63) is 65.2 Å². The van der Waals surface area contributed by atoms with Crippen molar-refractivity contribution in [2.75, 3.05) is 0 Å². The van der Waals surface area contributed by atoms with Crippen LogP contribution in [0.3, 0.4) is 0 Å². The predicted octanol–water partition coefficient (Wildman–Crippen LogP) is 2.51. The standard InChI is InChI=1S/C17H18F2N2O2/c1-11(17(20)22)21-9-12-5-7-13(8-6-12)10-23-15-4-2-3-14(18)16(15)19/h2-8,11,21H,9-10H2,1H3,(H2,20,22)/t11-/m0/s1. The average molecular weight is 320 g/mol. The van der Waals surface area contributed by atoms with Gasteiger partial charge < -0.3 is 15.8 Å². The number of hydrogen-bond donors (Lipinski definition) is 2. The molecule has 122 valence electrons. The topological polar surface area (TPSA) is 64.3 Å². The van der Waals surface area contributed by atoms with Crippen LogP contribution in [0.25, 0.3) is 0 Å². The van der Waals surface area contributed by atoms with Gasteiger partial charge in [0.15, 0.2) is 11.6 Å². The van der Waals surface area contributed by atoms with E-state index in [-0.39, 0.29) is 12.4 Å². The Morgan fingerprint density at radius 2 is 1.83 bits per heavy atom. The van der Waals surface area contributed by atoms with Crippen molar-refractivity contribution in [1.82, 2.24) is 5.32 Å². The molecule has 0 spiro atoms. The van der Waals surface area contributed by atoms with Crippen molar-refractivity contribution in [3.8, 4) is 5.75 Å². The van der Waals surface area contributed by atoms with Gasteiger partial charge in [0.1, 0.15) is 6.61 Å². The summed E-state index contributed by atoms with van der Waals surface area (Å²) in [6, 6.07) is 10.8. The maximum Gasteiger partial charge on any atom is 0.234 e. The number of halogens is 2. The normalized spacial score (nSPS) is 12.0. The molecule has 0 aliphatic rings. The number of carbonyl (C=O) groups excluding carboxylic acids is 1. The van der Waals surface area contributed by atoms with E-state index in [1.807, 2.05) is 24.3 Å². The molecule has 0 unspecified atom stereocenters. The number of carbonyl (C=O) groups is 1. The number of nitrogens with two attached hydrogens (primary N) is 1. The van der Waals surface area contributed by atoms with Gasteiger partial charge in [-0.15, -0.1) is 0 Å². The fraction of sp³-hybridized carbons (Fsp3) is 0.235. The lowest BCUT2D eigenvalue weighted by atomic mass is 10.1. The molecule has 0 saturated carbocycles. The zero-order valence-corrected chi connectivity index (χ0v) is 12.7. The Balaban J connectivity index is 1.90. The zero-order chi connectivity index (χ0) is 16.8. The van der Waals surface area contributed by atoms with E-state index >= 15 is 0 Å². The van der Waals surface area contributed by atoms with Crippen LogP contribution in [0.15, 0.2) is 42.5 Å². The van der Waals surface area contributed by atoms with Crippen molar-refractivity contribution in [3.63, 3.8) is 0 Å². The molecule has 2 aromatic carbocycles. The summed E-state index contributed by atoms with van der Waals surface area (Å²) in [7, 11) is 0. The van der Waals surface area contributed by atoms with Crippen LogP contribution in [-0.4, -0.2) is 11.9 Å². The maximum absolute atomic E-state index is 13.5. The van der Waals surface area contributed by atoms with Crippen molar-refractivity contribution >= 4 is 5.91 Å². The molecule has 3 N–H and O–H groups in total. The number of primary amides is 1. The second kappa shape index (κ2) is 7.69. The van der Waals surface area contributed by atoms with Gasteiger partial charge in [-0.1, -0.05) is 30.3 Å². The number of nitrogens with one attached hydrogen (secondary N) is 1. The van der Waals surface area contributed by atoms with E-state index in [0.717, 1.165) is 17.2 Å². The summed E-state index contributed by atoms with van der Waals surface area (Å²) < 4.78 is 31.8. The lowest BCUT2D eigenvalue weighted by Crippen LogP contribution is -2.38. The third-order valence-corrected chi connectivity index (χ3v) is 3.37. The van der Waals surface area contributed by atoms with Crippen molar-refractivity contribution < 1.29 is 18.3 Å². The Bertz CT molecular complexity index is 675.